The molecule has 1 amide bonds. The van der Waals surface area contributed by atoms with Crippen LogP contribution >= 0.6 is 11.6 Å². The fourth-order valence-corrected chi connectivity index (χ4v) is 4.12. The van der Waals surface area contributed by atoms with Crippen LogP contribution in [0.25, 0.3) is 0 Å². The Morgan fingerprint density at radius 2 is 1.97 bits per heavy atom. The molecule has 0 fully saturated rings. The Morgan fingerprint density at radius 3 is 2.69 bits per heavy atom. The van der Waals surface area contributed by atoms with E-state index in [0.717, 1.165) is 6.26 Å². The first-order chi connectivity index (χ1) is 13.8. The Bertz CT molecular complexity index is 967. The lowest BCUT2D eigenvalue weighted by molar-refractivity contribution is -0.121. The van der Waals surface area contributed by atoms with Crippen LogP contribution in [0.3, 0.4) is 0 Å². The second-order valence-electron chi connectivity index (χ2n) is 6.72. The highest BCUT2D eigenvalue weighted by Gasteiger charge is 2.21. The maximum atomic E-state index is 12.2. The van der Waals surface area contributed by atoms with Gasteiger partial charge in [-0.2, -0.15) is 0 Å². The minimum Gasteiger partial charge on any atom is -0.486 e. The summed E-state index contributed by atoms with van der Waals surface area (Å²) in [7, 11) is -3.48. The van der Waals surface area contributed by atoms with Gasteiger partial charge in [-0.05, 0) is 36.8 Å². The van der Waals surface area contributed by atoms with Gasteiger partial charge < -0.3 is 14.8 Å². The van der Waals surface area contributed by atoms with Crippen LogP contribution in [0.2, 0.25) is 5.02 Å². The monoisotopic (exact) mass is 438 g/mol. The number of hydrogen-bond acceptors (Lipinski definition) is 5. The van der Waals surface area contributed by atoms with Crippen LogP contribution in [0.4, 0.5) is 5.69 Å². The molecule has 1 aliphatic heterocycles. The Hall–Kier alpha value is -2.45. The number of amides is 1. The first-order valence-electron chi connectivity index (χ1n) is 9.21. The van der Waals surface area contributed by atoms with E-state index >= 15 is 0 Å². The number of hydrogen-bond donors (Lipinski definition) is 1. The lowest BCUT2D eigenvalue weighted by atomic mass is 10.2. The summed E-state index contributed by atoms with van der Waals surface area (Å²) < 4.78 is 36.9. The molecule has 1 N–H and O–H groups in total. The number of para-hydroxylation sites is 2. The van der Waals surface area contributed by atoms with Gasteiger partial charge in [0.1, 0.15) is 12.7 Å². The Balaban J connectivity index is 1.46. The molecule has 1 aliphatic rings. The molecular formula is C20H23ClN2O5S. The molecule has 7 nitrogen and oxygen atoms in total. The molecule has 1 heterocycles. The largest absolute Gasteiger partial charge is 0.486 e. The molecule has 0 aromatic heterocycles. The van der Waals surface area contributed by atoms with Gasteiger partial charge in [-0.1, -0.05) is 29.8 Å². The molecule has 0 saturated carbocycles. The summed E-state index contributed by atoms with van der Waals surface area (Å²) in [6.45, 7) is 0.855. The number of benzene rings is 2. The lowest BCUT2D eigenvalue weighted by Gasteiger charge is -2.26. The summed E-state index contributed by atoms with van der Waals surface area (Å²) >= 11 is 5.96. The summed E-state index contributed by atoms with van der Waals surface area (Å²) in [6, 6.07) is 14.0. The summed E-state index contributed by atoms with van der Waals surface area (Å²) in [5.74, 6) is 1.17. The number of ether oxygens (including phenoxy) is 2. The molecule has 1 atom stereocenters. The fourth-order valence-electron chi connectivity index (χ4n) is 2.98. The van der Waals surface area contributed by atoms with E-state index in [4.69, 9.17) is 21.1 Å². The van der Waals surface area contributed by atoms with Crippen LogP contribution in [-0.4, -0.2) is 46.4 Å². The van der Waals surface area contributed by atoms with Crippen molar-refractivity contribution in [2.75, 3.05) is 30.3 Å². The quantitative estimate of drug-likeness (QED) is 0.685. The maximum Gasteiger partial charge on any atom is 0.232 e. The number of nitrogens with one attached hydrogen (secondary N) is 1. The predicted octanol–water partition coefficient (Wildman–Crippen LogP) is 2.84. The minimum atomic E-state index is -3.48. The van der Waals surface area contributed by atoms with Gasteiger partial charge in [-0.15, -0.1) is 0 Å². The third kappa shape index (κ3) is 6.01. The van der Waals surface area contributed by atoms with Crippen molar-refractivity contribution in [1.29, 1.82) is 0 Å². The van der Waals surface area contributed by atoms with E-state index < -0.39 is 10.0 Å². The second-order valence-corrected chi connectivity index (χ2v) is 9.06. The number of halogens is 1. The average molecular weight is 439 g/mol. The first kappa shape index (κ1) is 21.3. The smallest absolute Gasteiger partial charge is 0.232 e. The highest BCUT2D eigenvalue weighted by atomic mass is 35.5. The number of anilines is 1. The van der Waals surface area contributed by atoms with Gasteiger partial charge in [-0.25, -0.2) is 8.42 Å². The topological polar surface area (TPSA) is 84.9 Å². The average Bonchev–Trinajstić information content (AvgIpc) is 2.68. The summed E-state index contributed by atoms with van der Waals surface area (Å²) in [6.07, 6.45) is 1.42. The van der Waals surface area contributed by atoms with E-state index in [0.29, 0.717) is 41.8 Å². The highest BCUT2D eigenvalue weighted by molar-refractivity contribution is 7.92. The summed E-state index contributed by atoms with van der Waals surface area (Å²) in [4.78, 5) is 12.2. The Kier molecular flexibility index (Phi) is 6.87. The van der Waals surface area contributed by atoms with Gasteiger partial charge in [0.05, 0.1) is 18.5 Å². The number of rotatable bonds is 8. The van der Waals surface area contributed by atoms with E-state index in [2.05, 4.69) is 5.32 Å². The normalized spacial score (nSPS) is 15.6. The van der Waals surface area contributed by atoms with Gasteiger partial charge >= 0.3 is 0 Å². The van der Waals surface area contributed by atoms with Crippen LogP contribution in [-0.2, 0) is 14.8 Å². The molecule has 3 rings (SSSR count). The molecule has 2 aromatic carbocycles. The van der Waals surface area contributed by atoms with E-state index in [1.54, 1.807) is 24.3 Å². The second kappa shape index (κ2) is 9.37. The van der Waals surface area contributed by atoms with Crippen molar-refractivity contribution in [3.8, 4) is 11.5 Å². The van der Waals surface area contributed by atoms with Gasteiger partial charge in [-0.3, -0.25) is 9.10 Å². The van der Waals surface area contributed by atoms with Crippen molar-refractivity contribution < 1.29 is 22.7 Å². The van der Waals surface area contributed by atoms with Gasteiger partial charge in [0.25, 0.3) is 0 Å². The molecule has 0 bridgehead atoms. The molecule has 9 heteroatoms. The van der Waals surface area contributed by atoms with Crippen molar-refractivity contribution >= 4 is 33.2 Å². The predicted molar refractivity (Wildman–Crippen MR) is 112 cm³/mol. The number of sulfonamides is 1. The van der Waals surface area contributed by atoms with Crippen molar-refractivity contribution in [2.45, 2.75) is 18.9 Å². The lowest BCUT2D eigenvalue weighted by Crippen LogP contribution is -2.41. The fraction of sp³-hybridized carbons (Fsp3) is 0.350. The number of carbonyl (C=O) groups is 1. The zero-order chi connectivity index (χ0) is 20.9. The summed E-state index contributed by atoms with van der Waals surface area (Å²) in [5.41, 5.74) is 0.479. The van der Waals surface area contributed by atoms with Crippen molar-refractivity contribution in [1.82, 2.24) is 5.32 Å². The number of fused-ring (bicyclic) bond motifs is 1. The van der Waals surface area contributed by atoms with Crippen LogP contribution in [0.5, 0.6) is 11.5 Å². The highest BCUT2D eigenvalue weighted by Crippen LogP contribution is 2.30. The molecule has 29 heavy (non-hydrogen) atoms. The standard InChI is InChI=1S/C20H23ClN2O5S/c1-29(25,26)23(16-7-4-6-15(21)12-16)11-5-10-20(24)22-13-17-14-27-18-8-2-3-9-19(18)28-17/h2-4,6-9,12,17H,5,10-11,13-14H2,1H3,(H,22,24)/t17-/m0/s1. The zero-order valence-electron chi connectivity index (χ0n) is 16.0. The van der Waals surface area contributed by atoms with Crippen molar-refractivity contribution in [2.24, 2.45) is 0 Å². The van der Waals surface area contributed by atoms with Crippen LogP contribution in [0.15, 0.2) is 48.5 Å². The molecular weight excluding hydrogens is 416 g/mol. The molecule has 0 unspecified atom stereocenters. The molecule has 0 aliphatic carbocycles. The Morgan fingerprint density at radius 1 is 1.21 bits per heavy atom. The number of carbonyl (C=O) groups excluding carboxylic acids is 1. The molecule has 0 saturated heterocycles. The van der Waals surface area contributed by atoms with Crippen LogP contribution < -0.4 is 19.1 Å². The van der Waals surface area contributed by atoms with E-state index in [9.17, 15) is 13.2 Å². The Labute approximate surface area is 175 Å². The van der Waals surface area contributed by atoms with Crippen LogP contribution in [0.1, 0.15) is 12.8 Å². The van der Waals surface area contributed by atoms with Gasteiger partial charge in [0.2, 0.25) is 15.9 Å². The van der Waals surface area contributed by atoms with Crippen molar-refractivity contribution in [3.63, 3.8) is 0 Å². The zero-order valence-corrected chi connectivity index (χ0v) is 17.6. The minimum absolute atomic E-state index is 0.174. The third-order valence-corrected chi connectivity index (χ3v) is 5.79. The molecule has 0 radical (unpaired) electrons. The van der Waals surface area contributed by atoms with E-state index in [1.165, 1.54) is 4.31 Å². The third-order valence-electron chi connectivity index (χ3n) is 4.36. The molecule has 0 spiro atoms. The van der Waals surface area contributed by atoms with Gasteiger partial charge in [0, 0.05) is 18.0 Å². The number of nitrogens with zero attached hydrogens (tertiary/aromatic N) is 1. The molecule has 156 valence electrons. The molecule has 2 aromatic rings. The maximum absolute atomic E-state index is 12.2. The SMILES string of the molecule is CS(=O)(=O)N(CCCC(=O)NC[C@H]1COc2ccccc2O1)c1cccc(Cl)c1. The van der Waals surface area contributed by atoms with E-state index in [1.807, 2.05) is 24.3 Å². The van der Waals surface area contributed by atoms with E-state index in [-0.39, 0.29) is 25.0 Å². The van der Waals surface area contributed by atoms with Gasteiger partial charge in [0.15, 0.2) is 11.5 Å². The van der Waals surface area contributed by atoms with Crippen molar-refractivity contribution in [3.05, 3.63) is 53.6 Å². The summed E-state index contributed by atoms with van der Waals surface area (Å²) in [5, 5.41) is 3.26. The van der Waals surface area contributed by atoms with Crippen LogP contribution in [0, 0.1) is 0 Å². The first-order valence-corrected chi connectivity index (χ1v) is 11.4.